The van der Waals surface area contributed by atoms with Crippen LogP contribution in [-0.4, -0.2) is 47.6 Å². The molecule has 2 atom stereocenters. The highest BCUT2D eigenvalue weighted by Crippen LogP contribution is 2.61. The minimum atomic E-state index is -0.166. The Balaban J connectivity index is 1.21. The fourth-order valence-corrected chi connectivity index (χ4v) is 11.5. The fraction of sp³-hybridized carbons (Fsp3) is 0.886. The van der Waals surface area contributed by atoms with E-state index >= 15 is 0 Å². The lowest BCUT2D eigenvalue weighted by molar-refractivity contribution is -0.146. The van der Waals surface area contributed by atoms with E-state index in [1.807, 2.05) is 0 Å². The Kier molecular flexibility index (Phi) is 7.81. The van der Waals surface area contributed by atoms with Gasteiger partial charge in [-0.15, -0.1) is 0 Å². The molecule has 40 heavy (non-hydrogen) atoms. The SMILES string of the molecule is O=C(NCC1CCCCC1)[C@@H]1C2=C(CCCC2)C(=O)N(CC23CC4CC(CC(C4)C2)C3)[C@H]1C1CCC(CO)CC1. The molecule has 6 saturated carbocycles. The molecule has 6 fully saturated rings. The van der Waals surface area contributed by atoms with E-state index in [0.717, 1.165) is 87.8 Å². The van der Waals surface area contributed by atoms with Gasteiger partial charge in [-0.2, -0.15) is 0 Å². The first-order valence-corrected chi connectivity index (χ1v) is 17.4. The highest BCUT2D eigenvalue weighted by Gasteiger charge is 2.55. The normalized spacial score (nSPS) is 41.8. The van der Waals surface area contributed by atoms with E-state index in [0.29, 0.717) is 23.7 Å². The molecule has 2 N–H and O–H groups in total. The monoisotopic (exact) mass is 550 g/mol. The first-order valence-electron chi connectivity index (χ1n) is 17.4. The number of hydrogen-bond donors (Lipinski definition) is 2. The number of aliphatic hydroxyl groups is 1. The first kappa shape index (κ1) is 27.5. The molecule has 4 bridgehead atoms. The Bertz CT molecular complexity index is 953. The van der Waals surface area contributed by atoms with Crippen LogP contribution in [0.4, 0.5) is 0 Å². The molecule has 2 amide bonds. The van der Waals surface area contributed by atoms with Crippen LogP contribution in [0.1, 0.15) is 122 Å². The van der Waals surface area contributed by atoms with Crippen molar-refractivity contribution in [3.8, 4) is 0 Å². The molecule has 0 aromatic carbocycles. The highest BCUT2D eigenvalue weighted by molar-refractivity contribution is 5.99. The van der Waals surface area contributed by atoms with Gasteiger partial charge in [0, 0.05) is 25.3 Å². The van der Waals surface area contributed by atoms with Crippen molar-refractivity contribution < 1.29 is 14.7 Å². The number of hydrogen-bond acceptors (Lipinski definition) is 3. The Labute approximate surface area is 242 Å². The minimum Gasteiger partial charge on any atom is -0.396 e. The van der Waals surface area contributed by atoms with Crippen LogP contribution < -0.4 is 5.32 Å². The summed E-state index contributed by atoms with van der Waals surface area (Å²) in [7, 11) is 0. The van der Waals surface area contributed by atoms with Crippen molar-refractivity contribution in [2.45, 2.75) is 128 Å². The van der Waals surface area contributed by atoms with Gasteiger partial charge in [0.05, 0.1) is 12.0 Å². The summed E-state index contributed by atoms with van der Waals surface area (Å²) in [5.41, 5.74) is 2.52. The summed E-state index contributed by atoms with van der Waals surface area (Å²) < 4.78 is 0. The molecule has 0 aromatic rings. The summed E-state index contributed by atoms with van der Waals surface area (Å²) in [6, 6.07) is 0.00310. The molecule has 8 rings (SSSR count). The summed E-state index contributed by atoms with van der Waals surface area (Å²) in [6.45, 7) is 1.97. The molecule has 7 aliphatic carbocycles. The van der Waals surface area contributed by atoms with E-state index in [2.05, 4.69) is 10.2 Å². The van der Waals surface area contributed by atoms with Crippen molar-refractivity contribution in [2.24, 2.45) is 46.8 Å². The van der Waals surface area contributed by atoms with Crippen LogP contribution in [0.2, 0.25) is 0 Å². The van der Waals surface area contributed by atoms with Gasteiger partial charge in [-0.25, -0.2) is 0 Å². The quantitative estimate of drug-likeness (QED) is 0.386. The van der Waals surface area contributed by atoms with Gasteiger partial charge in [0.25, 0.3) is 0 Å². The van der Waals surface area contributed by atoms with Crippen molar-refractivity contribution in [2.75, 3.05) is 19.7 Å². The summed E-state index contributed by atoms with van der Waals surface area (Å²) in [5, 5.41) is 13.4. The number of aliphatic hydroxyl groups excluding tert-OH is 1. The van der Waals surface area contributed by atoms with E-state index in [-0.39, 0.29) is 29.9 Å². The maximum Gasteiger partial charge on any atom is 0.250 e. The second-order valence-corrected chi connectivity index (χ2v) is 15.7. The van der Waals surface area contributed by atoms with Gasteiger partial charge >= 0.3 is 0 Å². The molecule has 5 heteroatoms. The third kappa shape index (κ3) is 5.20. The van der Waals surface area contributed by atoms with Gasteiger partial charge in [-0.1, -0.05) is 19.3 Å². The van der Waals surface area contributed by atoms with Crippen LogP contribution in [0, 0.1) is 46.8 Å². The molecule has 0 saturated heterocycles. The fourth-order valence-electron chi connectivity index (χ4n) is 11.5. The molecular weight excluding hydrogens is 496 g/mol. The average molecular weight is 551 g/mol. The lowest BCUT2D eigenvalue weighted by Gasteiger charge is -2.59. The molecule has 0 aromatic heterocycles. The van der Waals surface area contributed by atoms with E-state index in [1.165, 1.54) is 76.2 Å². The average Bonchev–Trinajstić information content (AvgIpc) is 2.97. The maximum absolute atomic E-state index is 14.5. The largest absolute Gasteiger partial charge is 0.396 e. The zero-order chi connectivity index (χ0) is 27.3. The number of rotatable bonds is 7. The summed E-state index contributed by atoms with van der Waals surface area (Å²) >= 11 is 0. The van der Waals surface area contributed by atoms with Crippen molar-refractivity contribution in [1.29, 1.82) is 0 Å². The molecule has 0 unspecified atom stereocenters. The van der Waals surface area contributed by atoms with Gasteiger partial charge in [-0.05, 0) is 149 Å². The standard InChI is InChI=1S/C35H54N2O3/c38-21-24-10-12-28(13-11-24)32-31(33(39)36-20-23-6-2-1-3-7-23)29-8-4-5-9-30(29)34(40)37(32)22-35-17-25-14-26(18-35)16-27(15-25)19-35/h23-28,31-32,38H,1-22H2,(H,36,39)/t24?,25?,26?,27?,28?,31-,32+,35?/m1/s1. The maximum atomic E-state index is 14.5. The molecule has 0 spiro atoms. The minimum absolute atomic E-state index is 0.00310. The van der Waals surface area contributed by atoms with Crippen LogP contribution in [0.15, 0.2) is 11.1 Å². The molecule has 1 heterocycles. The summed E-state index contributed by atoms with van der Waals surface area (Å²) in [5.74, 6) is 4.31. The first-order chi connectivity index (χ1) is 19.5. The third-order valence-corrected chi connectivity index (χ3v) is 13.0. The van der Waals surface area contributed by atoms with Gasteiger partial charge in [0.15, 0.2) is 0 Å². The smallest absolute Gasteiger partial charge is 0.250 e. The Morgan fingerprint density at radius 2 is 1.48 bits per heavy atom. The number of nitrogens with zero attached hydrogens (tertiary/aromatic N) is 1. The second kappa shape index (κ2) is 11.4. The predicted molar refractivity (Wildman–Crippen MR) is 157 cm³/mol. The van der Waals surface area contributed by atoms with Crippen LogP contribution in [0.5, 0.6) is 0 Å². The molecule has 8 aliphatic rings. The van der Waals surface area contributed by atoms with Crippen LogP contribution in [0.3, 0.4) is 0 Å². The van der Waals surface area contributed by atoms with Crippen LogP contribution in [-0.2, 0) is 9.59 Å². The van der Waals surface area contributed by atoms with Gasteiger partial charge in [0.2, 0.25) is 11.8 Å². The molecular formula is C35H54N2O3. The molecule has 0 radical (unpaired) electrons. The van der Waals surface area contributed by atoms with E-state index in [9.17, 15) is 14.7 Å². The van der Waals surface area contributed by atoms with Crippen LogP contribution in [0.25, 0.3) is 0 Å². The topological polar surface area (TPSA) is 69.6 Å². The van der Waals surface area contributed by atoms with E-state index < -0.39 is 0 Å². The molecule has 1 aliphatic heterocycles. The van der Waals surface area contributed by atoms with Gasteiger partial charge in [-0.3, -0.25) is 9.59 Å². The van der Waals surface area contributed by atoms with Gasteiger partial charge in [0.1, 0.15) is 0 Å². The molecule has 5 nitrogen and oxygen atoms in total. The number of carbonyl (C=O) groups excluding carboxylic acids is 2. The zero-order valence-electron chi connectivity index (χ0n) is 24.9. The van der Waals surface area contributed by atoms with Crippen molar-refractivity contribution in [3.63, 3.8) is 0 Å². The lowest BCUT2D eigenvalue weighted by Crippen LogP contribution is -2.62. The van der Waals surface area contributed by atoms with Crippen molar-refractivity contribution in [3.05, 3.63) is 11.1 Å². The zero-order valence-corrected chi connectivity index (χ0v) is 24.9. The Morgan fingerprint density at radius 1 is 0.825 bits per heavy atom. The third-order valence-electron chi connectivity index (χ3n) is 13.0. The second-order valence-electron chi connectivity index (χ2n) is 15.7. The van der Waals surface area contributed by atoms with E-state index in [1.54, 1.807) is 0 Å². The summed E-state index contributed by atoms with van der Waals surface area (Å²) in [6.07, 6.45) is 22.7. The Hall–Kier alpha value is -1.36. The van der Waals surface area contributed by atoms with Gasteiger partial charge < -0.3 is 15.3 Å². The Morgan fingerprint density at radius 3 is 2.12 bits per heavy atom. The highest BCUT2D eigenvalue weighted by atomic mass is 16.3. The van der Waals surface area contributed by atoms with Crippen molar-refractivity contribution >= 4 is 11.8 Å². The molecule has 222 valence electrons. The van der Waals surface area contributed by atoms with Crippen LogP contribution >= 0.6 is 0 Å². The number of amides is 2. The lowest BCUT2D eigenvalue weighted by atomic mass is 9.49. The number of carbonyl (C=O) groups is 2. The number of nitrogens with one attached hydrogen (secondary N) is 1. The summed E-state index contributed by atoms with van der Waals surface area (Å²) in [4.78, 5) is 31.2. The van der Waals surface area contributed by atoms with E-state index in [4.69, 9.17) is 0 Å². The predicted octanol–water partition coefficient (Wildman–Crippen LogP) is 6.40. The van der Waals surface area contributed by atoms with Crippen molar-refractivity contribution in [1.82, 2.24) is 10.2 Å².